The Bertz CT molecular complexity index is 703. The molecule has 9 nitrogen and oxygen atoms in total. The van der Waals surface area contributed by atoms with Crippen molar-refractivity contribution in [1.82, 2.24) is 0 Å². The Morgan fingerprint density at radius 1 is 1.14 bits per heavy atom. The molecule has 1 aromatic carbocycles. The van der Waals surface area contributed by atoms with Crippen molar-refractivity contribution in [2.75, 3.05) is 0 Å². The number of hydrogen-bond donors (Lipinski definition) is 1. The topological polar surface area (TPSA) is 137 Å². The molecule has 0 bridgehead atoms. The number of hydrogen-bond acceptors (Lipinski definition) is 6. The summed E-state index contributed by atoms with van der Waals surface area (Å²) in [4.78, 5) is 31.0. The number of rotatable bonds is 5. The second kappa shape index (κ2) is 5.41. The van der Waals surface area contributed by atoms with Gasteiger partial charge in [-0.3, -0.25) is 20.2 Å². The molecule has 0 fully saturated rings. The summed E-state index contributed by atoms with van der Waals surface area (Å²) in [6.45, 7) is 0. The number of carboxylic acid groups (broad SMARTS) is 1. The molecule has 9 heteroatoms. The van der Waals surface area contributed by atoms with E-state index in [2.05, 4.69) is 0 Å². The highest BCUT2D eigenvalue weighted by Gasteiger charge is 2.19. The lowest BCUT2D eigenvalue weighted by atomic mass is 10.0. The number of aromatic carboxylic acids is 1. The first kappa shape index (κ1) is 14.2. The monoisotopic (exact) mass is 292 g/mol. The van der Waals surface area contributed by atoms with Gasteiger partial charge in [-0.15, -0.1) is 0 Å². The Balaban J connectivity index is 2.43. The summed E-state index contributed by atoms with van der Waals surface area (Å²) in [7, 11) is 0. The maximum atomic E-state index is 10.9. The summed E-state index contributed by atoms with van der Waals surface area (Å²) in [5, 5.41) is 30.5. The molecule has 2 rings (SSSR count). The van der Waals surface area contributed by atoms with E-state index in [0.29, 0.717) is 0 Å². The summed E-state index contributed by atoms with van der Waals surface area (Å²) in [6, 6.07) is 4.56. The van der Waals surface area contributed by atoms with Crippen molar-refractivity contribution in [3.63, 3.8) is 0 Å². The van der Waals surface area contributed by atoms with E-state index in [0.717, 1.165) is 18.2 Å². The highest BCUT2D eigenvalue weighted by Crippen LogP contribution is 2.25. The molecule has 0 atom stereocenters. The minimum absolute atomic E-state index is 0.0271. The summed E-state index contributed by atoms with van der Waals surface area (Å²) in [6.07, 6.45) is 1.14. The van der Waals surface area contributed by atoms with Crippen LogP contribution in [0.5, 0.6) is 0 Å². The molecule has 0 unspecified atom stereocenters. The van der Waals surface area contributed by atoms with Crippen LogP contribution in [0.1, 0.15) is 21.7 Å². The molecule has 0 aliphatic rings. The van der Waals surface area contributed by atoms with E-state index in [-0.39, 0.29) is 23.3 Å². The number of nitro groups is 2. The zero-order valence-electron chi connectivity index (χ0n) is 10.4. The van der Waals surface area contributed by atoms with E-state index < -0.39 is 27.2 Å². The molecular formula is C12H8N2O7. The van der Waals surface area contributed by atoms with E-state index >= 15 is 0 Å². The van der Waals surface area contributed by atoms with Crippen LogP contribution in [0, 0.1) is 20.2 Å². The van der Waals surface area contributed by atoms with Crippen LogP contribution in [0.25, 0.3) is 0 Å². The molecule has 0 saturated carbocycles. The fourth-order valence-corrected chi connectivity index (χ4v) is 1.85. The van der Waals surface area contributed by atoms with Crippen molar-refractivity contribution >= 4 is 17.3 Å². The van der Waals surface area contributed by atoms with Gasteiger partial charge in [0.15, 0.2) is 0 Å². The molecule has 1 heterocycles. The average Bonchev–Trinajstić information content (AvgIpc) is 2.86. The molecule has 0 aliphatic carbocycles. The fourth-order valence-electron chi connectivity index (χ4n) is 1.85. The van der Waals surface area contributed by atoms with E-state index in [1.807, 2.05) is 0 Å². The molecule has 0 radical (unpaired) electrons. The predicted octanol–water partition coefficient (Wildman–Crippen LogP) is 2.39. The van der Waals surface area contributed by atoms with Gasteiger partial charge in [0.25, 0.3) is 11.4 Å². The lowest BCUT2D eigenvalue weighted by Gasteiger charge is -2.01. The standard InChI is InChI=1S/C12H8N2O7/c15-12(16)11-8(1-2-21-11)3-7-4-9(13(17)18)6-10(5-7)14(19)20/h1-2,4-6H,3H2,(H,15,16). The van der Waals surface area contributed by atoms with Gasteiger partial charge in [-0.05, 0) is 11.6 Å². The maximum Gasteiger partial charge on any atom is 0.372 e. The van der Waals surface area contributed by atoms with E-state index in [1.54, 1.807) is 0 Å². The quantitative estimate of drug-likeness (QED) is 0.659. The van der Waals surface area contributed by atoms with Crippen molar-refractivity contribution in [2.24, 2.45) is 0 Å². The number of nitrogens with zero attached hydrogens (tertiary/aromatic N) is 2. The first-order chi connectivity index (χ1) is 9.88. The molecule has 1 aromatic heterocycles. The van der Waals surface area contributed by atoms with Crippen LogP contribution in [-0.2, 0) is 6.42 Å². The zero-order chi connectivity index (χ0) is 15.6. The Labute approximate surface area is 116 Å². The summed E-state index contributed by atoms with van der Waals surface area (Å²) in [5.41, 5.74) is -0.337. The Hall–Kier alpha value is -3.23. The van der Waals surface area contributed by atoms with Crippen molar-refractivity contribution < 1.29 is 24.2 Å². The van der Waals surface area contributed by atoms with Crippen molar-refractivity contribution in [3.05, 3.63) is 67.6 Å². The molecule has 108 valence electrons. The third kappa shape index (κ3) is 3.03. The van der Waals surface area contributed by atoms with Gasteiger partial charge in [0.2, 0.25) is 5.76 Å². The smallest absolute Gasteiger partial charge is 0.372 e. The Kier molecular flexibility index (Phi) is 3.65. The molecule has 21 heavy (non-hydrogen) atoms. The van der Waals surface area contributed by atoms with Crippen LogP contribution in [0.15, 0.2) is 34.9 Å². The first-order valence-corrected chi connectivity index (χ1v) is 5.61. The van der Waals surface area contributed by atoms with Gasteiger partial charge < -0.3 is 9.52 Å². The zero-order valence-corrected chi connectivity index (χ0v) is 10.4. The lowest BCUT2D eigenvalue weighted by molar-refractivity contribution is -0.394. The Morgan fingerprint density at radius 2 is 1.71 bits per heavy atom. The number of non-ortho nitro benzene ring substituents is 2. The summed E-state index contributed by atoms with van der Waals surface area (Å²) in [5.74, 6) is -1.58. The molecule has 0 saturated heterocycles. The largest absolute Gasteiger partial charge is 0.475 e. The van der Waals surface area contributed by atoms with Crippen LogP contribution < -0.4 is 0 Å². The van der Waals surface area contributed by atoms with Crippen molar-refractivity contribution in [2.45, 2.75) is 6.42 Å². The summed E-state index contributed by atoms with van der Waals surface area (Å²) >= 11 is 0. The minimum atomic E-state index is -1.28. The number of carbonyl (C=O) groups is 1. The number of furan rings is 1. The van der Waals surface area contributed by atoms with Gasteiger partial charge in [-0.25, -0.2) is 4.79 Å². The third-order valence-electron chi connectivity index (χ3n) is 2.72. The normalized spacial score (nSPS) is 10.3. The highest BCUT2D eigenvalue weighted by molar-refractivity contribution is 5.86. The van der Waals surface area contributed by atoms with Crippen LogP contribution >= 0.6 is 0 Å². The van der Waals surface area contributed by atoms with Gasteiger partial charge in [0, 0.05) is 24.1 Å². The Morgan fingerprint density at radius 3 is 2.19 bits per heavy atom. The highest BCUT2D eigenvalue weighted by atomic mass is 16.6. The van der Waals surface area contributed by atoms with Gasteiger partial charge >= 0.3 is 5.97 Å². The lowest BCUT2D eigenvalue weighted by Crippen LogP contribution is -2.01. The van der Waals surface area contributed by atoms with Crippen LogP contribution in [0.2, 0.25) is 0 Å². The van der Waals surface area contributed by atoms with Gasteiger partial charge in [0.05, 0.1) is 22.2 Å². The summed E-state index contributed by atoms with van der Waals surface area (Å²) < 4.78 is 4.79. The molecule has 2 aromatic rings. The number of carboxylic acids is 1. The van der Waals surface area contributed by atoms with E-state index in [9.17, 15) is 25.0 Å². The number of nitro benzene ring substituents is 2. The SMILES string of the molecule is O=C(O)c1occc1Cc1cc([N+](=O)[O-])cc([N+](=O)[O-])c1. The molecular weight excluding hydrogens is 284 g/mol. The second-order valence-electron chi connectivity index (χ2n) is 4.13. The van der Waals surface area contributed by atoms with Gasteiger partial charge in [-0.1, -0.05) is 0 Å². The number of benzene rings is 1. The van der Waals surface area contributed by atoms with E-state index in [1.165, 1.54) is 12.3 Å². The van der Waals surface area contributed by atoms with Crippen molar-refractivity contribution in [1.29, 1.82) is 0 Å². The molecule has 0 amide bonds. The van der Waals surface area contributed by atoms with E-state index in [4.69, 9.17) is 9.52 Å². The van der Waals surface area contributed by atoms with Gasteiger partial charge in [-0.2, -0.15) is 0 Å². The average molecular weight is 292 g/mol. The minimum Gasteiger partial charge on any atom is -0.475 e. The third-order valence-corrected chi connectivity index (χ3v) is 2.72. The van der Waals surface area contributed by atoms with Crippen LogP contribution in [0.4, 0.5) is 11.4 Å². The fraction of sp³-hybridized carbons (Fsp3) is 0.0833. The van der Waals surface area contributed by atoms with Crippen LogP contribution in [-0.4, -0.2) is 20.9 Å². The maximum absolute atomic E-state index is 10.9. The predicted molar refractivity (Wildman–Crippen MR) is 68.2 cm³/mol. The van der Waals surface area contributed by atoms with Gasteiger partial charge in [0.1, 0.15) is 0 Å². The van der Waals surface area contributed by atoms with Crippen molar-refractivity contribution in [3.8, 4) is 0 Å². The first-order valence-electron chi connectivity index (χ1n) is 5.61. The molecule has 0 spiro atoms. The molecule has 0 aliphatic heterocycles. The van der Waals surface area contributed by atoms with Crippen LogP contribution in [0.3, 0.4) is 0 Å². The molecule has 1 N–H and O–H groups in total. The second-order valence-corrected chi connectivity index (χ2v) is 4.13.